The molecule has 0 aromatic heterocycles. The van der Waals surface area contributed by atoms with Gasteiger partial charge in [-0.05, 0) is 29.7 Å². The van der Waals surface area contributed by atoms with Crippen LogP contribution in [0.1, 0.15) is 0 Å². The zero-order chi connectivity index (χ0) is 13.8. The topological polar surface area (TPSA) is 35.5 Å². The molecule has 3 nitrogen and oxygen atoms in total. The molecule has 3 rings (SSSR count). The predicted molar refractivity (Wildman–Crippen MR) is 75.9 cm³/mol. The second kappa shape index (κ2) is 5.45. The number of carbonyl (C=O) groups is 1. The van der Waals surface area contributed by atoms with Crippen LogP contribution in [0.3, 0.4) is 0 Å². The average Bonchev–Trinajstić information content (AvgIpc) is 2.48. The van der Waals surface area contributed by atoms with Crippen molar-refractivity contribution in [3.8, 4) is 11.5 Å². The molecule has 0 aliphatic rings. The number of para-hydroxylation sites is 1. The first-order valence-corrected chi connectivity index (χ1v) is 6.17. The Morgan fingerprint density at radius 1 is 0.850 bits per heavy atom. The highest BCUT2D eigenvalue weighted by molar-refractivity contribution is 5.89. The van der Waals surface area contributed by atoms with Crippen LogP contribution in [0.2, 0.25) is 0 Å². The van der Waals surface area contributed by atoms with E-state index in [0.29, 0.717) is 11.5 Å². The van der Waals surface area contributed by atoms with E-state index in [0.717, 1.165) is 10.8 Å². The highest BCUT2D eigenvalue weighted by atomic mass is 16.7. The van der Waals surface area contributed by atoms with E-state index in [9.17, 15) is 4.79 Å². The molecule has 0 saturated carbocycles. The van der Waals surface area contributed by atoms with Crippen LogP contribution in [0.15, 0.2) is 66.7 Å². The fourth-order valence-corrected chi connectivity index (χ4v) is 1.91. The number of ether oxygens (including phenoxy) is 2. The van der Waals surface area contributed by atoms with E-state index in [4.69, 9.17) is 9.47 Å². The maximum Gasteiger partial charge on any atom is 0.519 e. The quantitative estimate of drug-likeness (QED) is 0.513. The lowest BCUT2D eigenvalue weighted by Crippen LogP contribution is -2.13. The summed E-state index contributed by atoms with van der Waals surface area (Å²) >= 11 is 0. The molecule has 20 heavy (non-hydrogen) atoms. The van der Waals surface area contributed by atoms with E-state index >= 15 is 0 Å². The van der Waals surface area contributed by atoms with Crippen LogP contribution in [0.4, 0.5) is 4.79 Å². The van der Waals surface area contributed by atoms with Crippen LogP contribution >= 0.6 is 0 Å². The second-order valence-electron chi connectivity index (χ2n) is 4.15. The van der Waals surface area contributed by atoms with Crippen molar-refractivity contribution in [1.82, 2.24) is 0 Å². The number of hydrogen-bond acceptors (Lipinski definition) is 3. The third kappa shape index (κ3) is 2.62. The molecule has 0 heterocycles. The molecule has 0 aliphatic heterocycles. The van der Waals surface area contributed by atoms with Gasteiger partial charge in [-0.15, -0.1) is 0 Å². The van der Waals surface area contributed by atoms with Gasteiger partial charge in [-0.2, -0.15) is 0 Å². The fraction of sp³-hybridized carbons (Fsp3) is 0. The molecule has 3 aromatic carbocycles. The number of carbonyl (C=O) groups excluding carboxylic acids is 1. The van der Waals surface area contributed by atoms with Crippen LogP contribution in [0.25, 0.3) is 10.8 Å². The molecule has 97 valence electrons. The largest absolute Gasteiger partial charge is 0.519 e. The monoisotopic (exact) mass is 263 g/mol. The average molecular weight is 263 g/mol. The van der Waals surface area contributed by atoms with E-state index in [2.05, 4.69) is 6.07 Å². The highest BCUT2D eigenvalue weighted by Gasteiger charge is 2.10. The lowest BCUT2D eigenvalue weighted by Gasteiger charge is -2.07. The molecular weight excluding hydrogens is 252 g/mol. The van der Waals surface area contributed by atoms with Gasteiger partial charge in [-0.3, -0.25) is 0 Å². The SMILES string of the molecule is O=C(Oc1ccccc1)Oc1cc[c]c2ccccc12. The van der Waals surface area contributed by atoms with Crippen LogP contribution in [-0.4, -0.2) is 6.16 Å². The molecule has 3 aromatic rings. The highest BCUT2D eigenvalue weighted by Crippen LogP contribution is 2.25. The summed E-state index contributed by atoms with van der Waals surface area (Å²) in [5.74, 6) is 0.907. The molecular formula is C17H11O3. The summed E-state index contributed by atoms with van der Waals surface area (Å²) in [6.45, 7) is 0. The van der Waals surface area contributed by atoms with Crippen LogP contribution < -0.4 is 9.47 Å². The van der Waals surface area contributed by atoms with Crippen LogP contribution in [-0.2, 0) is 0 Å². The summed E-state index contributed by atoms with van der Waals surface area (Å²) < 4.78 is 10.3. The van der Waals surface area contributed by atoms with Gasteiger partial charge in [0.1, 0.15) is 11.5 Å². The van der Waals surface area contributed by atoms with Crippen LogP contribution in [0.5, 0.6) is 11.5 Å². The first-order valence-electron chi connectivity index (χ1n) is 6.17. The van der Waals surface area contributed by atoms with Gasteiger partial charge in [0.15, 0.2) is 0 Å². The van der Waals surface area contributed by atoms with Crippen molar-refractivity contribution in [2.75, 3.05) is 0 Å². The third-order valence-electron chi connectivity index (χ3n) is 2.80. The third-order valence-corrected chi connectivity index (χ3v) is 2.80. The van der Waals surface area contributed by atoms with Gasteiger partial charge < -0.3 is 9.47 Å². The van der Waals surface area contributed by atoms with E-state index in [1.54, 1.807) is 36.4 Å². The van der Waals surface area contributed by atoms with Crippen molar-refractivity contribution in [2.45, 2.75) is 0 Å². The Bertz CT molecular complexity index is 730. The molecule has 3 heteroatoms. The number of rotatable bonds is 2. The fourth-order valence-electron chi connectivity index (χ4n) is 1.91. The summed E-state index contributed by atoms with van der Waals surface area (Å²) in [5, 5.41) is 1.71. The first-order chi connectivity index (χ1) is 9.83. The molecule has 0 aliphatic carbocycles. The molecule has 0 N–H and O–H groups in total. The first kappa shape index (κ1) is 12.2. The molecule has 0 spiro atoms. The van der Waals surface area contributed by atoms with Crippen molar-refractivity contribution < 1.29 is 14.3 Å². The van der Waals surface area contributed by atoms with Gasteiger partial charge in [0.05, 0.1) is 0 Å². The van der Waals surface area contributed by atoms with Crippen molar-refractivity contribution in [3.63, 3.8) is 0 Å². The summed E-state index contributed by atoms with van der Waals surface area (Å²) in [4.78, 5) is 11.8. The Morgan fingerprint density at radius 3 is 2.45 bits per heavy atom. The Kier molecular flexibility index (Phi) is 3.33. The molecule has 0 saturated heterocycles. The van der Waals surface area contributed by atoms with E-state index in [1.165, 1.54) is 0 Å². The summed E-state index contributed by atoms with van der Waals surface area (Å²) in [7, 11) is 0. The standard InChI is InChI=1S/C17H11O3/c18-17(19-14-9-2-1-3-10-14)20-16-12-6-8-13-7-4-5-11-15(13)16/h1-7,9-12H. The molecule has 0 unspecified atom stereocenters. The lowest BCUT2D eigenvalue weighted by molar-refractivity contribution is 0.152. The maximum absolute atomic E-state index is 11.8. The van der Waals surface area contributed by atoms with Gasteiger partial charge in [-0.25, -0.2) is 4.79 Å². The molecule has 0 amide bonds. The summed E-state index contributed by atoms with van der Waals surface area (Å²) in [6, 6.07) is 22.9. The molecule has 1 radical (unpaired) electrons. The van der Waals surface area contributed by atoms with Gasteiger partial charge in [0, 0.05) is 5.39 Å². The number of benzene rings is 3. The number of fused-ring (bicyclic) bond motifs is 1. The summed E-state index contributed by atoms with van der Waals surface area (Å²) in [5.41, 5.74) is 0. The lowest BCUT2D eigenvalue weighted by atomic mass is 10.1. The number of hydrogen-bond donors (Lipinski definition) is 0. The summed E-state index contributed by atoms with van der Waals surface area (Å²) in [6.07, 6.45) is -0.757. The van der Waals surface area contributed by atoms with Crippen molar-refractivity contribution >= 4 is 16.9 Å². The Morgan fingerprint density at radius 2 is 1.60 bits per heavy atom. The van der Waals surface area contributed by atoms with Gasteiger partial charge in [0.25, 0.3) is 0 Å². The minimum atomic E-state index is -0.757. The second-order valence-corrected chi connectivity index (χ2v) is 4.15. The normalized spacial score (nSPS) is 10.2. The zero-order valence-corrected chi connectivity index (χ0v) is 10.6. The zero-order valence-electron chi connectivity index (χ0n) is 10.6. The molecule has 0 atom stereocenters. The minimum absolute atomic E-state index is 0.448. The van der Waals surface area contributed by atoms with E-state index < -0.39 is 6.16 Å². The smallest absolute Gasteiger partial charge is 0.395 e. The molecule has 0 fully saturated rings. The minimum Gasteiger partial charge on any atom is -0.395 e. The molecule has 0 bridgehead atoms. The van der Waals surface area contributed by atoms with Crippen molar-refractivity contribution in [2.24, 2.45) is 0 Å². The Hall–Kier alpha value is -2.81. The van der Waals surface area contributed by atoms with Gasteiger partial charge in [-0.1, -0.05) is 48.5 Å². The van der Waals surface area contributed by atoms with Crippen molar-refractivity contribution in [1.29, 1.82) is 0 Å². The van der Waals surface area contributed by atoms with E-state index in [1.807, 2.05) is 30.3 Å². The predicted octanol–water partition coefficient (Wildman–Crippen LogP) is 4.22. The van der Waals surface area contributed by atoms with Gasteiger partial charge in [0.2, 0.25) is 0 Å². The van der Waals surface area contributed by atoms with E-state index in [-0.39, 0.29) is 0 Å². The van der Waals surface area contributed by atoms with Crippen LogP contribution in [0, 0.1) is 6.07 Å². The van der Waals surface area contributed by atoms with Crippen molar-refractivity contribution in [3.05, 3.63) is 72.8 Å². The maximum atomic E-state index is 11.8. The Labute approximate surface area is 116 Å². The Balaban J connectivity index is 1.81. The van der Waals surface area contributed by atoms with Gasteiger partial charge >= 0.3 is 6.16 Å².